The molecule has 0 spiro atoms. The third-order valence-electron chi connectivity index (χ3n) is 5.54. The number of phenols is 1. The molecule has 0 saturated heterocycles. The van der Waals surface area contributed by atoms with E-state index in [1.165, 1.54) is 12.1 Å². The van der Waals surface area contributed by atoms with Crippen molar-refractivity contribution in [2.24, 2.45) is 0 Å². The van der Waals surface area contributed by atoms with Crippen molar-refractivity contribution < 1.29 is 14.3 Å². The lowest BCUT2D eigenvalue weighted by Gasteiger charge is -2.21. The van der Waals surface area contributed by atoms with E-state index in [-0.39, 0.29) is 29.5 Å². The van der Waals surface area contributed by atoms with Gasteiger partial charge in [-0.2, -0.15) is 0 Å². The van der Waals surface area contributed by atoms with E-state index in [9.17, 15) is 14.3 Å². The molecule has 0 atom stereocenters. The SMILES string of the molecule is Cc1ccc(N(C)c2ccc(O)c(-c3ccc(C(=O)NCc4cnc(C)cn4)c(N)n3)c2)c(F)c1. The average molecular weight is 473 g/mol. The molecule has 2 aromatic carbocycles. The highest BCUT2D eigenvalue weighted by Crippen LogP contribution is 2.35. The third-order valence-corrected chi connectivity index (χ3v) is 5.54. The molecular formula is C26H25FN6O2. The van der Waals surface area contributed by atoms with Gasteiger partial charge in [0.2, 0.25) is 0 Å². The van der Waals surface area contributed by atoms with Crippen LogP contribution in [0.15, 0.2) is 60.9 Å². The van der Waals surface area contributed by atoms with E-state index < -0.39 is 5.91 Å². The summed E-state index contributed by atoms with van der Waals surface area (Å²) in [5, 5.41) is 13.2. The molecule has 0 aliphatic heterocycles. The van der Waals surface area contributed by atoms with Crippen molar-refractivity contribution in [3.63, 3.8) is 0 Å². The van der Waals surface area contributed by atoms with E-state index in [1.807, 2.05) is 19.9 Å². The first-order valence-corrected chi connectivity index (χ1v) is 10.9. The zero-order chi connectivity index (χ0) is 25.1. The van der Waals surface area contributed by atoms with Gasteiger partial charge in [0.1, 0.15) is 17.4 Å². The normalized spacial score (nSPS) is 10.7. The zero-order valence-corrected chi connectivity index (χ0v) is 19.6. The van der Waals surface area contributed by atoms with Crippen molar-refractivity contribution >= 4 is 23.1 Å². The zero-order valence-electron chi connectivity index (χ0n) is 19.6. The van der Waals surface area contributed by atoms with E-state index in [1.54, 1.807) is 54.7 Å². The van der Waals surface area contributed by atoms with Crippen LogP contribution in [0, 0.1) is 19.7 Å². The number of aromatic hydroxyl groups is 1. The Morgan fingerprint density at radius 1 is 1.09 bits per heavy atom. The van der Waals surface area contributed by atoms with Gasteiger partial charge in [-0.3, -0.25) is 14.8 Å². The number of pyridine rings is 1. The van der Waals surface area contributed by atoms with Gasteiger partial charge in [0.05, 0.1) is 41.1 Å². The second-order valence-electron chi connectivity index (χ2n) is 8.18. The maximum atomic E-state index is 14.5. The minimum atomic E-state index is -0.406. The number of nitrogens with one attached hydrogen (secondary N) is 1. The fraction of sp³-hybridized carbons (Fsp3) is 0.154. The Morgan fingerprint density at radius 2 is 1.89 bits per heavy atom. The molecule has 0 aliphatic rings. The molecule has 9 heteroatoms. The molecule has 2 heterocycles. The first kappa shape index (κ1) is 23.6. The first-order chi connectivity index (χ1) is 16.7. The molecule has 0 fully saturated rings. The van der Waals surface area contributed by atoms with Crippen LogP contribution < -0.4 is 16.0 Å². The van der Waals surface area contributed by atoms with Gasteiger partial charge in [0.25, 0.3) is 5.91 Å². The van der Waals surface area contributed by atoms with Gasteiger partial charge in [0.15, 0.2) is 0 Å². The number of nitrogen functional groups attached to an aromatic ring is 1. The number of halogens is 1. The van der Waals surface area contributed by atoms with Crippen molar-refractivity contribution in [2.75, 3.05) is 17.7 Å². The molecule has 1 amide bonds. The number of nitrogens with zero attached hydrogens (tertiary/aromatic N) is 4. The highest BCUT2D eigenvalue weighted by Gasteiger charge is 2.16. The van der Waals surface area contributed by atoms with Crippen LogP contribution in [-0.4, -0.2) is 33.0 Å². The van der Waals surface area contributed by atoms with Crippen LogP contribution in [0.25, 0.3) is 11.3 Å². The summed E-state index contributed by atoms with van der Waals surface area (Å²) in [7, 11) is 1.73. The number of hydrogen-bond acceptors (Lipinski definition) is 7. The van der Waals surface area contributed by atoms with Crippen LogP contribution in [0.3, 0.4) is 0 Å². The molecule has 0 saturated carbocycles. The average Bonchev–Trinajstić information content (AvgIpc) is 2.83. The molecule has 8 nitrogen and oxygen atoms in total. The smallest absolute Gasteiger partial charge is 0.255 e. The fourth-order valence-corrected chi connectivity index (χ4v) is 3.55. The van der Waals surface area contributed by atoms with Crippen LogP contribution >= 0.6 is 0 Å². The van der Waals surface area contributed by atoms with Gasteiger partial charge in [0, 0.05) is 24.5 Å². The molecule has 0 unspecified atom stereocenters. The number of amides is 1. The number of rotatable bonds is 6. The van der Waals surface area contributed by atoms with Crippen LogP contribution in [-0.2, 0) is 6.54 Å². The van der Waals surface area contributed by atoms with Crippen molar-refractivity contribution in [1.29, 1.82) is 0 Å². The number of carbonyl (C=O) groups is 1. The fourth-order valence-electron chi connectivity index (χ4n) is 3.55. The Balaban J connectivity index is 1.56. The van der Waals surface area contributed by atoms with Crippen LogP contribution in [0.4, 0.5) is 21.6 Å². The standard InChI is InChI=1S/C26H25FN6O2/c1-15-4-8-23(21(27)10-15)33(3)18-5-9-24(34)20(11-18)22-7-6-19(25(28)32-22)26(35)31-14-17-13-29-16(2)12-30-17/h4-13,34H,14H2,1-3H3,(H2,28,32)(H,31,35). The molecule has 4 rings (SSSR count). The topological polar surface area (TPSA) is 117 Å². The second-order valence-corrected chi connectivity index (χ2v) is 8.18. The van der Waals surface area contributed by atoms with E-state index in [2.05, 4.69) is 20.3 Å². The van der Waals surface area contributed by atoms with Gasteiger partial charge >= 0.3 is 0 Å². The molecule has 0 bridgehead atoms. The summed E-state index contributed by atoms with van der Waals surface area (Å²) in [5.74, 6) is -0.765. The quantitative estimate of drug-likeness (QED) is 0.383. The summed E-state index contributed by atoms with van der Waals surface area (Å²) in [6.45, 7) is 3.84. The number of anilines is 3. The highest BCUT2D eigenvalue weighted by atomic mass is 19.1. The van der Waals surface area contributed by atoms with E-state index in [0.29, 0.717) is 28.3 Å². The lowest BCUT2D eigenvalue weighted by Crippen LogP contribution is -2.24. The maximum absolute atomic E-state index is 14.5. The molecule has 4 aromatic rings. The number of aromatic nitrogens is 3. The molecule has 2 aromatic heterocycles. The Kier molecular flexibility index (Phi) is 6.59. The minimum absolute atomic E-state index is 0.0118. The Bertz CT molecular complexity index is 1390. The van der Waals surface area contributed by atoms with E-state index in [4.69, 9.17) is 5.73 Å². The number of aryl methyl sites for hydroxylation is 2. The molecule has 0 aliphatic carbocycles. The predicted molar refractivity (Wildman–Crippen MR) is 133 cm³/mol. The monoisotopic (exact) mass is 472 g/mol. The summed E-state index contributed by atoms with van der Waals surface area (Å²) in [4.78, 5) is 27.0. The second kappa shape index (κ2) is 9.76. The van der Waals surface area contributed by atoms with Crippen molar-refractivity contribution in [2.45, 2.75) is 20.4 Å². The number of hydrogen-bond donors (Lipinski definition) is 3. The van der Waals surface area contributed by atoms with Crippen molar-refractivity contribution in [1.82, 2.24) is 20.3 Å². The molecule has 4 N–H and O–H groups in total. The van der Waals surface area contributed by atoms with Gasteiger partial charge in [-0.05, 0) is 61.9 Å². The summed E-state index contributed by atoms with van der Waals surface area (Å²) < 4.78 is 14.5. The summed E-state index contributed by atoms with van der Waals surface area (Å²) in [6.07, 6.45) is 3.22. The summed E-state index contributed by atoms with van der Waals surface area (Å²) in [6, 6.07) is 13.0. The summed E-state index contributed by atoms with van der Waals surface area (Å²) in [5.41, 5.74) is 10.3. The minimum Gasteiger partial charge on any atom is -0.507 e. The largest absolute Gasteiger partial charge is 0.507 e. The lowest BCUT2D eigenvalue weighted by molar-refractivity contribution is 0.0951. The molecule has 178 valence electrons. The number of carbonyl (C=O) groups excluding carboxylic acids is 1. The molecular weight excluding hydrogens is 447 g/mol. The van der Waals surface area contributed by atoms with Crippen LogP contribution in [0.1, 0.15) is 27.3 Å². The van der Waals surface area contributed by atoms with Gasteiger partial charge in [-0.25, -0.2) is 9.37 Å². The molecule has 0 radical (unpaired) electrons. The number of nitrogens with two attached hydrogens (primary N) is 1. The van der Waals surface area contributed by atoms with Crippen molar-refractivity contribution in [3.8, 4) is 17.0 Å². The van der Waals surface area contributed by atoms with Crippen LogP contribution in [0.5, 0.6) is 5.75 Å². The number of phenolic OH excluding ortho intramolecular Hbond substituents is 1. The Morgan fingerprint density at radius 3 is 2.57 bits per heavy atom. The van der Waals surface area contributed by atoms with Crippen LogP contribution in [0.2, 0.25) is 0 Å². The predicted octanol–water partition coefficient (Wildman–Crippen LogP) is 4.28. The molecule has 35 heavy (non-hydrogen) atoms. The lowest BCUT2D eigenvalue weighted by atomic mass is 10.1. The number of benzene rings is 2. The highest BCUT2D eigenvalue weighted by molar-refractivity contribution is 5.98. The van der Waals surface area contributed by atoms with E-state index in [0.717, 1.165) is 11.3 Å². The maximum Gasteiger partial charge on any atom is 0.255 e. The van der Waals surface area contributed by atoms with E-state index >= 15 is 0 Å². The van der Waals surface area contributed by atoms with Crippen molar-refractivity contribution in [3.05, 3.63) is 89.3 Å². The Labute approximate surface area is 202 Å². The summed E-state index contributed by atoms with van der Waals surface area (Å²) >= 11 is 0. The van der Waals surface area contributed by atoms with Gasteiger partial charge in [-0.15, -0.1) is 0 Å². The van der Waals surface area contributed by atoms with Gasteiger partial charge in [-0.1, -0.05) is 6.07 Å². The third kappa shape index (κ3) is 5.19. The Hall–Kier alpha value is -4.53. The first-order valence-electron chi connectivity index (χ1n) is 10.9. The van der Waals surface area contributed by atoms with Gasteiger partial charge < -0.3 is 21.1 Å².